The Bertz CT molecular complexity index is 462. The van der Waals surface area contributed by atoms with E-state index in [4.69, 9.17) is 0 Å². The first-order valence-electron chi connectivity index (χ1n) is 5.76. The van der Waals surface area contributed by atoms with Gasteiger partial charge >= 0.3 is 6.18 Å². The van der Waals surface area contributed by atoms with E-state index in [1.807, 2.05) is 4.90 Å². The highest BCUT2D eigenvalue weighted by Crippen LogP contribution is 2.39. The van der Waals surface area contributed by atoms with E-state index in [1.165, 1.54) is 12.1 Å². The molecule has 100 valence electrons. The van der Waals surface area contributed by atoms with Crippen molar-refractivity contribution < 1.29 is 18.3 Å². The molecule has 0 spiro atoms. The second kappa shape index (κ2) is 3.88. The molecule has 2 nitrogen and oxygen atoms in total. The summed E-state index contributed by atoms with van der Waals surface area (Å²) < 4.78 is 37.9. The second-order valence-electron chi connectivity index (χ2n) is 5.33. The highest BCUT2D eigenvalue weighted by molar-refractivity contribution is 5.60. The largest absolute Gasteiger partial charge is 0.416 e. The lowest BCUT2D eigenvalue weighted by atomic mass is 9.95. The molecule has 0 aliphatic carbocycles. The summed E-state index contributed by atoms with van der Waals surface area (Å²) in [6.45, 7) is 3.34. The quantitative estimate of drug-likeness (QED) is 0.838. The van der Waals surface area contributed by atoms with E-state index in [0.717, 1.165) is 11.8 Å². The Labute approximate surface area is 104 Å². The fraction of sp³-hybridized carbons (Fsp3) is 0.538. The van der Waals surface area contributed by atoms with Crippen LogP contribution in [0.15, 0.2) is 18.2 Å². The second-order valence-corrected chi connectivity index (χ2v) is 5.33. The zero-order chi connectivity index (χ0) is 13.7. The smallest absolute Gasteiger partial charge is 0.388 e. The molecule has 1 N–H and O–H groups in total. The number of hydrogen-bond donors (Lipinski definition) is 1. The van der Waals surface area contributed by atoms with Crippen molar-refractivity contribution in [2.24, 2.45) is 0 Å². The SMILES string of the molecule is CN1c2ccc(C(F)(F)F)cc2CC1C(C)(C)O. The third-order valence-corrected chi connectivity index (χ3v) is 3.48. The number of benzene rings is 1. The standard InChI is InChI=1S/C13H16F3NO/c1-12(2,18)11-7-8-6-9(13(14,15)16)4-5-10(8)17(11)3/h4-6,11,18H,7H2,1-3H3. The fourth-order valence-corrected chi connectivity index (χ4v) is 2.51. The molecule has 0 aromatic heterocycles. The fourth-order valence-electron chi connectivity index (χ4n) is 2.51. The van der Waals surface area contributed by atoms with E-state index < -0.39 is 17.3 Å². The lowest BCUT2D eigenvalue weighted by molar-refractivity contribution is -0.137. The lowest BCUT2D eigenvalue weighted by Gasteiger charge is -2.32. The molecule has 1 unspecified atom stereocenters. The van der Waals surface area contributed by atoms with E-state index in [-0.39, 0.29) is 6.04 Å². The van der Waals surface area contributed by atoms with Crippen LogP contribution in [0.25, 0.3) is 0 Å². The number of nitrogens with zero attached hydrogens (tertiary/aromatic N) is 1. The predicted molar refractivity (Wildman–Crippen MR) is 63.6 cm³/mol. The summed E-state index contributed by atoms with van der Waals surface area (Å²) in [5.41, 5.74) is -0.188. The van der Waals surface area contributed by atoms with Crippen molar-refractivity contribution in [3.05, 3.63) is 29.3 Å². The predicted octanol–water partition coefficient (Wildman–Crippen LogP) is 2.84. The number of likely N-dealkylation sites (N-methyl/N-ethyl adjacent to an activating group) is 1. The average Bonchev–Trinajstić information content (AvgIpc) is 2.54. The van der Waals surface area contributed by atoms with Crippen LogP contribution in [0.4, 0.5) is 18.9 Å². The molecule has 18 heavy (non-hydrogen) atoms. The molecule has 0 amide bonds. The van der Waals surface area contributed by atoms with Crippen LogP contribution >= 0.6 is 0 Å². The van der Waals surface area contributed by atoms with E-state index >= 15 is 0 Å². The van der Waals surface area contributed by atoms with Crippen molar-refractivity contribution >= 4 is 5.69 Å². The van der Waals surface area contributed by atoms with Gasteiger partial charge < -0.3 is 10.0 Å². The van der Waals surface area contributed by atoms with Crippen LogP contribution in [0.1, 0.15) is 25.0 Å². The van der Waals surface area contributed by atoms with Crippen LogP contribution in [0.5, 0.6) is 0 Å². The van der Waals surface area contributed by atoms with Crippen molar-refractivity contribution in [1.29, 1.82) is 0 Å². The number of rotatable bonds is 1. The zero-order valence-electron chi connectivity index (χ0n) is 10.5. The molecule has 1 atom stereocenters. The highest BCUT2D eigenvalue weighted by Gasteiger charge is 2.38. The monoisotopic (exact) mass is 259 g/mol. The lowest BCUT2D eigenvalue weighted by Crippen LogP contribution is -2.46. The maximum Gasteiger partial charge on any atom is 0.416 e. The number of hydrogen-bond acceptors (Lipinski definition) is 2. The van der Waals surface area contributed by atoms with E-state index in [2.05, 4.69) is 0 Å². The average molecular weight is 259 g/mol. The maximum absolute atomic E-state index is 12.6. The number of anilines is 1. The number of fused-ring (bicyclic) bond motifs is 1. The maximum atomic E-state index is 12.6. The van der Waals surface area contributed by atoms with Gasteiger partial charge in [0, 0.05) is 12.7 Å². The van der Waals surface area contributed by atoms with E-state index in [0.29, 0.717) is 12.0 Å². The highest BCUT2D eigenvalue weighted by atomic mass is 19.4. The van der Waals surface area contributed by atoms with Crippen LogP contribution in [0, 0.1) is 0 Å². The van der Waals surface area contributed by atoms with Gasteiger partial charge in [0.2, 0.25) is 0 Å². The normalized spacial score (nSPS) is 20.2. The van der Waals surface area contributed by atoms with Gasteiger partial charge in [-0.2, -0.15) is 13.2 Å². The van der Waals surface area contributed by atoms with Gasteiger partial charge in [-0.05, 0) is 44.0 Å². The molecule has 0 saturated carbocycles. The Kier molecular flexibility index (Phi) is 2.85. The molecule has 5 heteroatoms. The van der Waals surface area contributed by atoms with Gasteiger partial charge in [-0.3, -0.25) is 0 Å². The van der Waals surface area contributed by atoms with Crippen LogP contribution in [-0.4, -0.2) is 23.8 Å². The zero-order valence-corrected chi connectivity index (χ0v) is 10.5. The van der Waals surface area contributed by atoms with Crippen molar-refractivity contribution in [2.45, 2.75) is 38.1 Å². The number of alkyl halides is 3. The van der Waals surface area contributed by atoms with Crippen molar-refractivity contribution in [1.82, 2.24) is 0 Å². The molecule has 0 bridgehead atoms. The van der Waals surface area contributed by atoms with Gasteiger partial charge in [-0.25, -0.2) is 0 Å². The summed E-state index contributed by atoms with van der Waals surface area (Å²) in [5.74, 6) is 0. The summed E-state index contributed by atoms with van der Waals surface area (Å²) in [6.07, 6.45) is -3.89. The van der Waals surface area contributed by atoms with Gasteiger partial charge in [0.15, 0.2) is 0 Å². The Morgan fingerprint density at radius 3 is 2.39 bits per heavy atom. The molecular weight excluding hydrogens is 243 g/mol. The Morgan fingerprint density at radius 2 is 1.89 bits per heavy atom. The summed E-state index contributed by atoms with van der Waals surface area (Å²) in [5, 5.41) is 10.0. The van der Waals surface area contributed by atoms with E-state index in [9.17, 15) is 18.3 Å². The van der Waals surface area contributed by atoms with Crippen LogP contribution in [0.3, 0.4) is 0 Å². The first-order valence-corrected chi connectivity index (χ1v) is 5.76. The molecule has 2 rings (SSSR count). The molecule has 1 aromatic rings. The number of halogens is 3. The topological polar surface area (TPSA) is 23.5 Å². The van der Waals surface area contributed by atoms with Gasteiger partial charge in [0.25, 0.3) is 0 Å². The summed E-state index contributed by atoms with van der Waals surface area (Å²) >= 11 is 0. The Morgan fingerprint density at radius 1 is 1.28 bits per heavy atom. The molecule has 0 radical (unpaired) electrons. The van der Waals surface area contributed by atoms with Crippen molar-refractivity contribution in [3.8, 4) is 0 Å². The molecular formula is C13H16F3NO. The third kappa shape index (κ3) is 2.19. The Hall–Kier alpha value is -1.23. The Balaban J connectivity index is 2.38. The van der Waals surface area contributed by atoms with Crippen LogP contribution in [0.2, 0.25) is 0 Å². The van der Waals surface area contributed by atoms with Gasteiger partial charge in [-0.15, -0.1) is 0 Å². The molecule has 0 saturated heterocycles. The summed E-state index contributed by atoms with van der Waals surface area (Å²) in [7, 11) is 1.79. The van der Waals surface area contributed by atoms with Crippen molar-refractivity contribution in [3.63, 3.8) is 0 Å². The van der Waals surface area contributed by atoms with E-state index in [1.54, 1.807) is 20.9 Å². The van der Waals surface area contributed by atoms with Crippen LogP contribution < -0.4 is 4.90 Å². The van der Waals surface area contributed by atoms with Crippen LogP contribution in [-0.2, 0) is 12.6 Å². The molecule has 1 aliphatic rings. The van der Waals surface area contributed by atoms with Gasteiger partial charge in [0.05, 0.1) is 17.2 Å². The minimum Gasteiger partial charge on any atom is -0.388 e. The molecule has 0 fully saturated rings. The molecule has 1 aromatic carbocycles. The molecule has 1 heterocycles. The first-order chi connectivity index (χ1) is 8.10. The number of aliphatic hydroxyl groups is 1. The third-order valence-electron chi connectivity index (χ3n) is 3.48. The summed E-state index contributed by atoms with van der Waals surface area (Å²) in [4.78, 5) is 1.84. The minimum absolute atomic E-state index is 0.198. The summed E-state index contributed by atoms with van der Waals surface area (Å²) in [6, 6.07) is 3.54. The first kappa shape index (κ1) is 13.2. The van der Waals surface area contributed by atoms with Crippen molar-refractivity contribution in [2.75, 3.05) is 11.9 Å². The van der Waals surface area contributed by atoms with Gasteiger partial charge in [-0.1, -0.05) is 0 Å². The molecule has 1 aliphatic heterocycles. The minimum atomic E-state index is -4.32. The van der Waals surface area contributed by atoms with Gasteiger partial charge in [0.1, 0.15) is 0 Å².